The molecule has 0 radical (unpaired) electrons. The van der Waals surface area contributed by atoms with Crippen molar-refractivity contribution in [3.63, 3.8) is 0 Å². The second-order valence-electron chi connectivity index (χ2n) is 7.61. The van der Waals surface area contributed by atoms with Gasteiger partial charge in [0.2, 0.25) is 0 Å². The fourth-order valence-electron chi connectivity index (χ4n) is 3.99. The maximum atomic E-state index is 6.11. The predicted octanol–water partition coefficient (Wildman–Crippen LogP) is 4.26. The Morgan fingerprint density at radius 1 is 1.04 bits per heavy atom. The molecule has 0 amide bonds. The Morgan fingerprint density at radius 3 is 2.68 bits per heavy atom. The average Bonchev–Trinajstić information content (AvgIpc) is 3.16. The Hall–Kier alpha value is -2.31. The molecule has 3 heterocycles. The van der Waals surface area contributed by atoms with Gasteiger partial charge < -0.3 is 14.8 Å². The zero-order valence-electron chi connectivity index (χ0n) is 15.8. The van der Waals surface area contributed by atoms with Crippen LogP contribution in [0.5, 0.6) is 11.5 Å². The van der Waals surface area contributed by atoms with Crippen molar-refractivity contribution in [3.8, 4) is 11.5 Å². The molecule has 2 aromatic carbocycles. The van der Waals surface area contributed by atoms with Gasteiger partial charge in [-0.3, -0.25) is 4.90 Å². The summed E-state index contributed by atoms with van der Waals surface area (Å²) < 4.78 is 13.2. The standard InChI is InChI=1S/C22H25N3O2S/c1-4-8-21-18(5-1)24-22(28-21)23-13-16-9-11-25(12-10-16)14-17-15-26-19-6-2-3-7-20(19)27-17/h1-8,16-17H,9-15H2,(H,23,24)/t17-/m1/s1. The Labute approximate surface area is 169 Å². The molecule has 0 bridgehead atoms. The molecule has 0 spiro atoms. The van der Waals surface area contributed by atoms with Crippen molar-refractivity contribution in [3.05, 3.63) is 48.5 Å². The van der Waals surface area contributed by atoms with Gasteiger partial charge in [-0.05, 0) is 56.1 Å². The van der Waals surface area contributed by atoms with Crippen LogP contribution >= 0.6 is 11.3 Å². The molecule has 0 unspecified atom stereocenters. The van der Waals surface area contributed by atoms with E-state index in [1.165, 1.54) is 17.5 Å². The van der Waals surface area contributed by atoms with Crippen LogP contribution in [0.1, 0.15) is 12.8 Å². The quantitative estimate of drug-likeness (QED) is 0.699. The number of rotatable bonds is 5. The van der Waals surface area contributed by atoms with Gasteiger partial charge in [0, 0.05) is 13.1 Å². The first-order valence-corrected chi connectivity index (χ1v) is 10.9. The monoisotopic (exact) mass is 395 g/mol. The van der Waals surface area contributed by atoms with Gasteiger partial charge in [0.25, 0.3) is 0 Å². The van der Waals surface area contributed by atoms with Crippen LogP contribution in [0.15, 0.2) is 48.5 Å². The molecule has 6 heteroatoms. The number of para-hydroxylation sites is 3. The number of benzene rings is 2. The zero-order valence-corrected chi connectivity index (χ0v) is 16.7. The van der Waals surface area contributed by atoms with Crippen molar-refractivity contribution in [2.75, 3.05) is 38.1 Å². The van der Waals surface area contributed by atoms with E-state index in [1.807, 2.05) is 30.3 Å². The van der Waals surface area contributed by atoms with E-state index in [-0.39, 0.29) is 6.10 Å². The summed E-state index contributed by atoms with van der Waals surface area (Å²) >= 11 is 1.74. The van der Waals surface area contributed by atoms with Gasteiger partial charge in [-0.15, -0.1) is 0 Å². The maximum absolute atomic E-state index is 6.11. The molecule has 0 saturated carbocycles. The van der Waals surface area contributed by atoms with Crippen molar-refractivity contribution >= 4 is 26.7 Å². The van der Waals surface area contributed by atoms with E-state index < -0.39 is 0 Å². The van der Waals surface area contributed by atoms with Crippen LogP contribution in [0.4, 0.5) is 5.13 Å². The average molecular weight is 396 g/mol. The summed E-state index contributed by atoms with van der Waals surface area (Å²) in [6.45, 7) is 4.81. The summed E-state index contributed by atoms with van der Waals surface area (Å²) in [6, 6.07) is 16.2. The van der Waals surface area contributed by atoms with E-state index in [0.717, 1.165) is 48.3 Å². The van der Waals surface area contributed by atoms with Crippen LogP contribution in [0.25, 0.3) is 10.2 Å². The van der Waals surface area contributed by atoms with E-state index in [0.29, 0.717) is 12.5 Å². The van der Waals surface area contributed by atoms with Gasteiger partial charge >= 0.3 is 0 Å². The number of fused-ring (bicyclic) bond motifs is 2. The fraction of sp³-hybridized carbons (Fsp3) is 0.409. The van der Waals surface area contributed by atoms with Gasteiger partial charge in [0.15, 0.2) is 16.6 Å². The lowest BCUT2D eigenvalue weighted by Crippen LogP contribution is -2.44. The Bertz CT molecular complexity index is 903. The van der Waals surface area contributed by atoms with E-state index in [4.69, 9.17) is 9.47 Å². The molecule has 5 rings (SSSR count). The Morgan fingerprint density at radius 2 is 1.82 bits per heavy atom. The lowest BCUT2D eigenvalue weighted by atomic mass is 9.96. The normalized spacial score (nSPS) is 20.4. The fourth-order valence-corrected chi connectivity index (χ4v) is 4.87. The largest absolute Gasteiger partial charge is 0.486 e. The highest BCUT2D eigenvalue weighted by molar-refractivity contribution is 7.22. The number of nitrogens with zero attached hydrogens (tertiary/aromatic N) is 2. The van der Waals surface area contributed by atoms with Crippen LogP contribution in [-0.4, -0.2) is 48.8 Å². The number of piperidine rings is 1. The summed E-state index contributed by atoms with van der Waals surface area (Å²) in [4.78, 5) is 7.18. The van der Waals surface area contributed by atoms with Crippen molar-refractivity contribution in [1.29, 1.82) is 0 Å². The van der Waals surface area contributed by atoms with E-state index in [2.05, 4.69) is 33.4 Å². The maximum Gasteiger partial charge on any atom is 0.183 e. The number of thiazole rings is 1. The summed E-state index contributed by atoms with van der Waals surface area (Å²) in [5, 5.41) is 4.59. The third-order valence-electron chi connectivity index (χ3n) is 5.57. The van der Waals surface area contributed by atoms with E-state index in [9.17, 15) is 0 Å². The summed E-state index contributed by atoms with van der Waals surface area (Å²) in [7, 11) is 0. The number of anilines is 1. The minimum Gasteiger partial charge on any atom is -0.486 e. The van der Waals surface area contributed by atoms with Crippen LogP contribution in [0.2, 0.25) is 0 Å². The molecule has 1 atom stereocenters. The number of aromatic nitrogens is 1. The summed E-state index contributed by atoms with van der Waals surface area (Å²) in [5.74, 6) is 2.43. The van der Waals surface area contributed by atoms with Gasteiger partial charge in [0.05, 0.1) is 10.2 Å². The van der Waals surface area contributed by atoms with Crippen LogP contribution in [0.3, 0.4) is 0 Å². The molecular weight excluding hydrogens is 370 g/mol. The molecule has 1 N–H and O–H groups in total. The first kappa shape index (κ1) is 17.8. The molecular formula is C22H25N3O2S. The number of likely N-dealkylation sites (tertiary alicyclic amines) is 1. The smallest absolute Gasteiger partial charge is 0.183 e. The summed E-state index contributed by atoms with van der Waals surface area (Å²) in [5.41, 5.74) is 1.08. The molecule has 5 nitrogen and oxygen atoms in total. The number of ether oxygens (including phenoxy) is 2. The van der Waals surface area contributed by atoms with Gasteiger partial charge in [0.1, 0.15) is 12.7 Å². The molecule has 146 valence electrons. The number of hydrogen-bond acceptors (Lipinski definition) is 6. The first-order chi connectivity index (χ1) is 13.8. The van der Waals surface area contributed by atoms with Gasteiger partial charge in [-0.25, -0.2) is 4.98 Å². The molecule has 1 aromatic heterocycles. The van der Waals surface area contributed by atoms with Crippen molar-refractivity contribution in [2.24, 2.45) is 5.92 Å². The van der Waals surface area contributed by atoms with Crippen LogP contribution in [-0.2, 0) is 0 Å². The highest BCUT2D eigenvalue weighted by Gasteiger charge is 2.26. The molecule has 1 saturated heterocycles. The molecule has 28 heavy (non-hydrogen) atoms. The highest BCUT2D eigenvalue weighted by Crippen LogP contribution is 2.31. The molecule has 1 fully saturated rings. The SMILES string of the molecule is c1ccc2c(c1)OC[C@@H](CN1CCC(CNc3nc4ccccc4s3)CC1)O2. The van der Waals surface area contributed by atoms with E-state index >= 15 is 0 Å². The topological polar surface area (TPSA) is 46.6 Å². The number of hydrogen-bond donors (Lipinski definition) is 1. The Balaban J connectivity index is 1.08. The van der Waals surface area contributed by atoms with Crippen molar-refractivity contribution in [2.45, 2.75) is 18.9 Å². The van der Waals surface area contributed by atoms with Crippen molar-refractivity contribution < 1.29 is 9.47 Å². The minimum atomic E-state index is 0.118. The molecule has 2 aliphatic rings. The van der Waals surface area contributed by atoms with Crippen LogP contribution < -0.4 is 14.8 Å². The van der Waals surface area contributed by atoms with Gasteiger partial charge in [-0.2, -0.15) is 0 Å². The second-order valence-corrected chi connectivity index (χ2v) is 8.64. The third-order valence-corrected chi connectivity index (χ3v) is 6.57. The first-order valence-electron chi connectivity index (χ1n) is 10.0. The molecule has 3 aromatic rings. The predicted molar refractivity (Wildman–Crippen MR) is 114 cm³/mol. The molecule has 0 aliphatic carbocycles. The van der Waals surface area contributed by atoms with E-state index in [1.54, 1.807) is 11.3 Å². The zero-order chi connectivity index (χ0) is 18.8. The third kappa shape index (κ3) is 3.93. The lowest BCUT2D eigenvalue weighted by molar-refractivity contribution is 0.0485. The minimum absolute atomic E-state index is 0.118. The molecule has 2 aliphatic heterocycles. The summed E-state index contributed by atoms with van der Waals surface area (Å²) in [6.07, 6.45) is 2.54. The van der Waals surface area contributed by atoms with Crippen molar-refractivity contribution in [1.82, 2.24) is 9.88 Å². The number of nitrogens with one attached hydrogen (secondary N) is 1. The van der Waals surface area contributed by atoms with Crippen LogP contribution in [0, 0.1) is 5.92 Å². The highest BCUT2D eigenvalue weighted by atomic mass is 32.1. The van der Waals surface area contributed by atoms with Gasteiger partial charge in [-0.1, -0.05) is 35.6 Å². The lowest BCUT2D eigenvalue weighted by Gasteiger charge is -2.35. The second kappa shape index (κ2) is 7.97. The Kier molecular flexibility index (Phi) is 5.06.